The second-order valence-corrected chi connectivity index (χ2v) is 6.80. The number of benzene rings is 2. The first kappa shape index (κ1) is 18.3. The van der Waals surface area contributed by atoms with Gasteiger partial charge in [0.2, 0.25) is 0 Å². The summed E-state index contributed by atoms with van der Waals surface area (Å²) in [7, 11) is 0. The summed E-state index contributed by atoms with van der Waals surface area (Å²) in [5.74, 6) is 1.30. The molecule has 0 radical (unpaired) electrons. The quantitative estimate of drug-likeness (QED) is 0.738. The van der Waals surface area contributed by atoms with Gasteiger partial charge in [-0.2, -0.15) is 0 Å². The van der Waals surface area contributed by atoms with Crippen LogP contribution in [0.1, 0.15) is 5.56 Å². The van der Waals surface area contributed by atoms with Crippen LogP contribution in [0.15, 0.2) is 54.6 Å². The molecular weight excluding hydrogens is 354 g/mol. The Balaban J connectivity index is 1.48. The summed E-state index contributed by atoms with van der Waals surface area (Å²) in [6.07, 6.45) is 0. The summed E-state index contributed by atoms with van der Waals surface area (Å²) in [4.78, 5) is 19.3. The highest BCUT2D eigenvalue weighted by molar-refractivity contribution is 5.92. The van der Waals surface area contributed by atoms with E-state index in [0.29, 0.717) is 19.0 Å². The summed E-state index contributed by atoms with van der Waals surface area (Å²) in [6.45, 7) is 4.96. The number of ether oxygens (including phenoxy) is 2. The Hall–Kier alpha value is -3.12. The maximum absolute atomic E-state index is 12.3. The molecule has 1 aromatic heterocycles. The van der Waals surface area contributed by atoms with Gasteiger partial charge >= 0.3 is 0 Å². The van der Waals surface area contributed by atoms with Crippen molar-refractivity contribution in [1.29, 1.82) is 0 Å². The van der Waals surface area contributed by atoms with Gasteiger partial charge in [0.1, 0.15) is 17.1 Å². The van der Waals surface area contributed by atoms with Crippen molar-refractivity contribution in [3.8, 4) is 5.75 Å². The van der Waals surface area contributed by atoms with Crippen molar-refractivity contribution in [1.82, 2.24) is 4.98 Å². The predicted octanol–water partition coefficient (Wildman–Crippen LogP) is 3.40. The molecule has 2 aromatic carbocycles. The number of anilines is 2. The van der Waals surface area contributed by atoms with Crippen molar-refractivity contribution < 1.29 is 14.3 Å². The van der Waals surface area contributed by atoms with Gasteiger partial charge in [0.25, 0.3) is 5.91 Å². The van der Waals surface area contributed by atoms with Crippen molar-refractivity contribution in [2.45, 2.75) is 6.92 Å². The topological polar surface area (TPSA) is 63.7 Å². The number of aryl methyl sites for hydroxylation is 1. The van der Waals surface area contributed by atoms with E-state index in [1.165, 1.54) is 0 Å². The number of morpholine rings is 1. The van der Waals surface area contributed by atoms with Crippen molar-refractivity contribution in [2.75, 3.05) is 43.1 Å². The van der Waals surface area contributed by atoms with E-state index in [2.05, 4.69) is 10.2 Å². The van der Waals surface area contributed by atoms with Crippen LogP contribution in [0.2, 0.25) is 0 Å². The normalized spacial score (nSPS) is 14.1. The molecule has 0 atom stereocenters. The molecule has 1 aliphatic rings. The van der Waals surface area contributed by atoms with E-state index in [9.17, 15) is 4.79 Å². The molecule has 1 saturated heterocycles. The molecule has 6 heteroatoms. The number of amides is 1. The van der Waals surface area contributed by atoms with Crippen LogP contribution in [0.25, 0.3) is 10.9 Å². The summed E-state index contributed by atoms with van der Waals surface area (Å²) in [5, 5.41) is 3.84. The number of carbonyl (C=O) groups excluding carboxylic acids is 1. The first-order chi connectivity index (χ1) is 13.7. The lowest BCUT2D eigenvalue weighted by molar-refractivity contribution is -0.118. The van der Waals surface area contributed by atoms with Gasteiger partial charge in [-0.25, -0.2) is 4.98 Å². The molecule has 28 heavy (non-hydrogen) atoms. The molecule has 0 unspecified atom stereocenters. The number of nitrogens with zero attached hydrogens (tertiary/aromatic N) is 2. The number of pyridine rings is 1. The van der Waals surface area contributed by atoms with E-state index in [4.69, 9.17) is 14.5 Å². The molecule has 1 aliphatic heterocycles. The molecule has 0 bridgehead atoms. The van der Waals surface area contributed by atoms with Gasteiger partial charge in [-0.15, -0.1) is 0 Å². The third-order valence-electron chi connectivity index (χ3n) is 4.66. The molecule has 0 aliphatic carbocycles. The Kier molecular flexibility index (Phi) is 5.39. The second-order valence-electron chi connectivity index (χ2n) is 6.80. The van der Waals surface area contributed by atoms with Crippen LogP contribution in [0.3, 0.4) is 0 Å². The number of rotatable bonds is 5. The maximum atomic E-state index is 12.3. The lowest BCUT2D eigenvalue weighted by Gasteiger charge is -2.28. The Morgan fingerprint density at radius 2 is 1.96 bits per heavy atom. The minimum Gasteiger partial charge on any atom is -0.481 e. The molecule has 144 valence electrons. The molecule has 3 aromatic rings. The Labute approximate surface area is 164 Å². The number of nitrogens with one attached hydrogen (secondary N) is 1. The standard InChI is InChI=1S/C22H23N3O3/c1-16-4-2-6-18(14-16)23-21(26)15-28-19-7-3-5-17-8-9-20(24-22(17)19)25-10-12-27-13-11-25/h2-9,14H,10-13,15H2,1H3,(H,23,26). The van der Waals surface area contributed by atoms with Crippen LogP contribution in [0.4, 0.5) is 11.5 Å². The highest BCUT2D eigenvalue weighted by Crippen LogP contribution is 2.27. The molecule has 4 rings (SSSR count). The zero-order valence-electron chi connectivity index (χ0n) is 15.9. The number of carbonyl (C=O) groups is 1. The van der Waals surface area contributed by atoms with Gasteiger partial charge in [-0.3, -0.25) is 4.79 Å². The smallest absolute Gasteiger partial charge is 0.262 e. The van der Waals surface area contributed by atoms with E-state index in [0.717, 1.165) is 41.1 Å². The molecule has 6 nitrogen and oxygen atoms in total. The van der Waals surface area contributed by atoms with Gasteiger partial charge in [-0.1, -0.05) is 24.3 Å². The van der Waals surface area contributed by atoms with Crippen molar-refractivity contribution in [3.05, 3.63) is 60.2 Å². The SMILES string of the molecule is Cc1cccc(NC(=O)COc2cccc3ccc(N4CCOCC4)nc23)c1. The zero-order chi connectivity index (χ0) is 19.3. The van der Waals surface area contributed by atoms with Gasteiger partial charge < -0.3 is 19.7 Å². The summed E-state index contributed by atoms with van der Waals surface area (Å²) in [6, 6.07) is 17.5. The molecule has 2 heterocycles. The van der Waals surface area contributed by atoms with E-state index in [1.807, 2.05) is 61.5 Å². The highest BCUT2D eigenvalue weighted by Gasteiger charge is 2.14. The molecule has 0 saturated carbocycles. The maximum Gasteiger partial charge on any atom is 0.262 e. The lowest BCUT2D eigenvalue weighted by atomic mass is 10.2. The highest BCUT2D eigenvalue weighted by atomic mass is 16.5. The largest absolute Gasteiger partial charge is 0.481 e. The second kappa shape index (κ2) is 8.27. The Morgan fingerprint density at radius 3 is 2.79 bits per heavy atom. The molecular formula is C22H23N3O3. The van der Waals surface area contributed by atoms with Gasteiger partial charge in [-0.05, 0) is 42.8 Å². The average molecular weight is 377 g/mol. The van der Waals surface area contributed by atoms with Crippen LogP contribution < -0.4 is 15.0 Å². The van der Waals surface area contributed by atoms with E-state index in [-0.39, 0.29) is 12.5 Å². The number of para-hydroxylation sites is 1. The van der Waals surface area contributed by atoms with Crippen LogP contribution in [0.5, 0.6) is 5.75 Å². The van der Waals surface area contributed by atoms with Crippen molar-refractivity contribution in [3.63, 3.8) is 0 Å². The Morgan fingerprint density at radius 1 is 1.14 bits per heavy atom. The van der Waals surface area contributed by atoms with Crippen molar-refractivity contribution in [2.24, 2.45) is 0 Å². The van der Waals surface area contributed by atoms with Crippen LogP contribution in [-0.2, 0) is 9.53 Å². The molecule has 1 amide bonds. The number of hydrogen-bond donors (Lipinski definition) is 1. The van der Waals surface area contributed by atoms with E-state index in [1.54, 1.807) is 0 Å². The molecule has 1 fully saturated rings. The third kappa shape index (κ3) is 4.23. The summed E-state index contributed by atoms with van der Waals surface area (Å²) < 4.78 is 11.2. The van der Waals surface area contributed by atoms with E-state index < -0.39 is 0 Å². The summed E-state index contributed by atoms with van der Waals surface area (Å²) >= 11 is 0. The number of hydrogen-bond acceptors (Lipinski definition) is 5. The minimum atomic E-state index is -0.202. The molecule has 1 N–H and O–H groups in total. The number of fused-ring (bicyclic) bond motifs is 1. The minimum absolute atomic E-state index is 0.0729. The van der Waals surface area contributed by atoms with Crippen LogP contribution >= 0.6 is 0 Å². The van der Waals surface area contributed by atoms with Gasteiger partial charge in [0, 0.05) is 24.2 Å². The fourth-order valence-electron chi connectivity index (χ4n) is 3.26. The first-order valence-corrected chi connectivity index (χ1v) is 9.41. The predicted molar refractivity (Wildman–Crippen MR) is 110 cm³/mol. The van der Waals surface area contributed by atoms with Gasteiger partial charge in [0.05, 0.1) is 13.2 Å². The fourth-order valence-corrected chi connectivity index (χ4v) is 3.26. The van der Waals surface area contributed by atoms with Gasteiger partial charge in [0.15, 0.2) is 6.61 Å². The third-order valence-corrected chi connectivity index (χ3v) is 4.66. The van der Waals surface area contributed by atoms with Crippen LogP contribution in [-0.4, -0.2) is 43.8 Å². The lowest BCUT2D eigenvalue weighted by Crippen LogP contribution is -2.36. The fraction of sp³-hybridized carbons (Fsp3) is 0.273. The number of aromatic nitrogens is 1. The monoisotopic (exact) mass is 377 g/mol. The zero-order valence-corrected chi connectivity index (χ0v) is 15.9. The average Bonchev–Trinajstić information content (AvgIpc) is 2.72. The first-order valence-electron chi connectivity index (χ1n) is 9.41. The van der Waals surface area contributed by atoms with E-state index >= 15 is 0 Å². The van der Waals surface area contributed by atoms with Crippen LogP contribution in [0, 0.1) is 6.92 Å². The summed E-state index contributed by atoms with van der Waals surface area (Å²) in [5.41, 5.74) is 2.61. The molecule has 0 spiro atoms. The van der Waals surface area contributed by atoms with Crippen molar-refractivity contribution >= 4 is 28.3 Å². The Bertz CT molecular complexity index is 984.